The molecule has 130 valence electrons. The summed E-state index contributed by atoms with van der Waals surface area (Å²) in [6, 6.07) is 0. The molecule has 1 unspecified atom stereocenters. The minimum Gasteiger partial charge on any atom is -0.480 e. The van der Waals surface area contributed by atoms with Crippen LogP contribution in [0.25, 0.3) is 0 Å². The lowest BCUT2D eigenvalue weighted by molar-refractivity contribution is -0.144. The third-order valence-corrected chi connectivity index (χ3v) is 5.17. The molecule has 1 amide bonds. The van der Waals surface area contributed by atoms with Crippen LogP contribution in [0.2, 0.25) is 0 Å². The summed E-state index contributed by atoms with van der Waals surface area (Å²) in [5.74, 6) is -0.962. The summed E-state index contributed by atoms with van der Waals surface area (Å²) in [6.07, 6.45) is 4.34. The number of nitrogens with zero attached hydrogens (tertiary/aromatic N) is 3. The summed E-state index contributed by atoms with van der Waals surface area (Å²) in [4.78, 5) is 29.5. The zero-order valence-electron chi connectivity index (χ0n) is 14.5. The van der Waals surface area contributed by atoms with Crippen LogP contribution in [0.5, 0.6) is 0 Å². The molecule has 0 aliphatic carbocycles. The molecule has 6 nitrogen and oxygen atoms in total. The molecule has 0 radical (unpaired) electrons. The monoisotopic (exact) mass is 323 g/mol. The number of amides is 1. The third-order valence-electron chi connectivity index (χ3n) is 5.17. The lowest BCUT2D eigenvalue weighted by Crippen LogP contribution is -2.61. The van der Waals surface area contributed by atoms with Crippen molar-refractivity contribution >= 4 is 11.9 Å². The highest BCUT2D eigenvalue weighted by molar-refractivity contribution is 5.81. The zero-order valence-corrected chi connectivity index (χ0v) is 14.5. The molecule has 2 rings (SSSR count). The van der Waals surface area contributed by atoms with Crippen molar-refractivity contribution in [3.8, 4) is 0 Å². The smallest absolute Gasteiger partial charge is 0.323 e. The number of carbonyl (C=O) groups excluding carboxylic acids is 1. The number of carboxylic acids is 1. The van der Waals surface area contributed by atoms with E-state index < -0.39 is 5.97 Å². The molecule has 2 aliphatic rings. The second-order valence-electron chi connectivity index (χ2n) is 7.12. The Morgan fingerprint density at radius 3 is 2.65 bits per heavy atom. The predicted molar refractivity (Wildman–Crippen MR) is 89.3 cm³/mol. The van der Waals surface area contributed by atoms with Crippen molar-refractivity contribution in [2.24, 2.45) is 0 Å². The number of carboxylic acid groups (broad SMARTS) is 1. The van der Waals surface area contributed by atoms with E-state index >= 15 is 0 Å². The van der Waals surface area contributed by atoms with E-state index in [-0.39, 0.29) is 18.0 Å². The summed E-state index contributed by atoms with van der Waals surface area (Å²) < 4.78 is 0. The van der Waals surface area contributed by atoms with Crippen LogP contribution in [-0.2, 0) is 9.59 Å². The topological polar surface area (TPSA) is 64.1 Å². The van der Waals surface area contributed by atoms with Gasteiger partial charge in [0.2, 0.25) is 5.91 Å². The summed E-state index contributed by atoms with van der Waals surface area (Å²) in [6.45, 7) is 8.50. The van der Waals surface area contributed by atoms with Gasteiger partial charge in [-0.3, -0.25) is 19.4 Å². The van der Waals surface area contributed by atoms with Crippen molar-refractivity contribution in [2.45, 2.75) is 38.6 Å². The molecule has 0 aromatic carbocycles. The number of piperazine rings is 1. The lowest BCUT2D eigenvalue weighted by atomic mass is 9.86. The largest absolute Gasteiger partial charge is 0.480 e. The molecule has 1 spiro atoms. The van der Waals surface area contributed by atoms with Gasteiger partial charge in [0, 0.05) is 44.7 Å². The molecule has 1 atom stereocenters. The third kappa shape index (κ3) is 4.54. The van der Waals surface area contributed by atoms with Crippen molar-refractivity contribution in [1.29, 1.82) is 0 Å². The van der Waals surface area contributed by atoms with Crippen LogP contribution in [0, 0.1) is 0 Å². The number of likely N-dealkylation sites (tertiary alicyclic amines) is 1. The molecule has 2 saturated heterocycles. The van der Waals surface area contributed by atoms with Crippen LogP contribution in [-0.4, -0.2) is 83.5 Å². The first kappa shape index (κ1) is 17.9. The Morgan fingerprint density at radius 2 is 2.00 bits per heavy atom. The molecule has 2 fully saturated rings. The lowest BCUT2D eigenvalue weighted by Gasteiger charge is -2.49. The fourth-order valence-corrected chi connectivity index (χ4v) is 3.57. The molecule has 2 aliphatic heterocycles. The average molecular weight is 323 g/mol. The van der Waals surface area contributed by atoms with Crippen LogP contribution < -0.4 is 0 Å². The standard InChI is InChI=1S/C17H29N3O3/c1-14(2)5-8-19-11-10-18(3)17(13-19)6-4-15(21)20(9-7-17)12-16(22)23/h5H,4,6-13H2,1-3H3,(H,22,23). The molecule has 2 heterocycles. The van der Waals surface area contributed by atoms with Crippen LogP contribution in [0.15, 0.2) is 11.6 Å². The van der Waals surface area contributed by atoms with E-state index in [1.165, 1.54) is 10.5 Å². The van der Waals surface area contributed by atoms with Gasteiger partial charge in [-0.15, -0.1) is 0 Å². The van der Waals surface area contributed by atoms with E-state index in [2.05, 4.69) is 36.8 Å². The summed E-state index contributed by atoms with van der Waals surface area (Å²) in [5.41, 5.74) is 1.30. The maximum absolute atomic E-state index is 12.2. The Kier molecular flexibility index (Phi) is 5.81. The van der Waals surface area contributed by atoms with Gasteiger partial charge in [0.05, 0.1) is 0 Å². The van der Waals surface area contributed by atoms with Gasteiger partial charge in [-0.05, 0) is 33.7 Å². The Balaban J connectivity index is 2.07. The van der Waals surface area contributed by atoms with Crippen LogP contribution in [0.4, 0.5) is 0 Å². The number of likely N-dealkylation sites (N-methyl/N-ethyl adjacent to an activating group) is 1. The van der Waals surface area contributed by atoms with Gasteiger partial charge in [-0.2, -0.15) is 0 Å². The molecule has 23 heavy (non-hydrogen) atoms. The van der Waals surface area contributed by atoms with Crippen molar-refractivity contribution in [1.82, 2.24) is 14.7 Å². The number of hydrogen-bond donors (Lipinski definition) is 1. The van der Waals surface area contributed by atoms with Gasteiger partial charge in [0.15, 0.2) is 0 Å². The quantitative estimate of drug-likeness (QED) is 0.783. The van der Waals surface area contributed by atoms with E-state index in [1.54, 1.807) is 0 Å². The van der Waals surface area contributed by atoms with E-state index in [0.717, 1.165) is 39.0 Å². The molecule has 0 aromatic heterocycles. The van der Waals surface area contributed by atoms with Crippen LogP contribution in [0.3, 0.4) is 0 Å². The normalized spacial score (nSPS) is 27.1. The number of carbonyl (C=O) groups is 2. The molecular weight excluding hydrogens is 294 g/mol. The van der Waals surface area contributed by atoms with Gasteiger partial charge < -0.3 is 10.0 Å². The molecule has 0 bridgehead atoms. The number of rotatable bonds is 4. The Labute approximate surface area is 138 Å². The molecular formula is C17H29N3O3. The van der Waals surface area contributed by atoms with Crippen LogP contribution >= 0.6 is 0 Å². The minimum absolute atomic E-state index is 0.0172. The highest BCUT2D eigenvalue weighted by Crippen LogP contribution is 2.32. The molecule has 0 aromatic rings. The second-order valence-corrected chi connectivity index (χ2v) is 7.12. The van der Waals surface area contributed by atoms with Gasteiger partial charge in [-0.1, -0.05) is 11.6 Å². The van der Waals surface area contributed by atoms with Gasteiger partial charge in [0.1, 0.15) is 6.54 Å². The zero-order chi connectivity index (χ0) is 17.0. The van der Waals surface area contributed by atoms with Gasteiger partial charge in [0.25, 0.3) is 0 Å². The Morgan fingerprint density at radius 1 is 1.26 bits per heavy atom. The Bertz CT molecular complexity index is 487. The van der Waals surface area contributed by atoms with Crippen molar-refractivity contribution in [3.05, 3.63) is 11.6 Å². The van der Waals surface area contributed by atoms with Crippen molar-refractivity contribution in [2.75, 3.05) is 46.3 Å². The second kappa shape index (κ2) is 7.45. The maximum Gasteiger partial charge on any atom is 0.323 e. The Hall–Kier alpha value is -1.40. The first-order valence-corrected chi connectivity index (χ1v) is 8.39. The fourth-order valence-electron chi connectivity index (χ4n) is 3.57. The summed E-state index contributed by atoms with van der Waals surface area (Å²) in [5, 5.41) is 8.97. The minimum atomic E-state index is -0.934. The average Bonchev–Trinajstić information content (AvgIpc) is 2.63. The van der Waals surface area contributed by atoms with Crippen molar-refractivity contribution < 1.29 is 14.7 Å². The van der Waals surface area contributed by atoms with E-state index in [0.29, 0.717) is 13.0 Å². The predicted octanol–water partition coefficient (Wildman–Crippen LogP) is 1.04. The maximum atomic E-state index is 12.2. The fraction of sp³-hybridized carbons (Fsp3) is 0.765. The SMILES string of the molecule is CC(C)=CCN1CCN(C)C2(CCC(=O)N(CC(=O)O)CC2)C1. The number of allylic oxidation sites excluding steroid dienone is 1. The van der Waals surface area contributed by atoms with Crippen LogP contribution in [0.1, 0.15) is 33.1 Å². The van der Waals surface area contributed by atoms with E-state index in [9.17, 15) is 9.59 Å². The van der Waals surface area contributed by atoms with Crippen molar-refractivity contribution in [3.63, 3.8) is 0 Å². The highest BCUT2D eigenvalue weighted by Gasteiger charge is 2.42. The summed E-state index contributed by atoms with van der Waals surface area (Å²) >= 11 is 0. The van der Waals surface area contributed by atoms with E-state index in [4.69, 9.17) is 5.11 Å². The summed E-state index contributed by atoms with van der Waals surface area (Å²) in [7, 11) is 2.13. The van der Waals surface area contributed by atoms with Gasteiger partial charge in [-0.25, -0.2) is 0 Å². The molecule has 0 saturated carbocycles. The first-order valence-electron chi connectivity index (χ1n) is 8.39. The van der Waals surface area contributed by atoms with Gasteiger partial charge >= 0.3 is 5.97 Å². The first-order chi connectivity index (χ1) is 10.8. The molecule has 6 heteroatoms. The number of aliphatic carboxylic acids is 1. The molecule has 1 N–H and O–H groups in total. The highest BCUT2D eigenvalue weighted by atomic mass is 16.4. The van der Waals surface area contributed by atoms with E-state index in [1.807, 2.05) is 0 Å². The number of hydrogen-bond acceptors (Lipinski definition) is 4.